The Bertz CT molecular complexity index is 900. The fraction of sp³-hybridized carbons (Fsp3) is 0.458. The van der Waals surface area contributed by atoms with E-state index in [1.807, 2.05) is 55.1 Å². The molecule has 2 aromatic rings. The Morgan fingerprint density at radius 1 is 1.06 bits per heavy atom. The van der Waals surface area contributed by atoms with Gasteiger partial charge in [-0.1, -0.05) is 24.3 Å². The minimum absolute atomic E-state index is 0.0410. The number of carbonyl (C=O) groups excluding carboxylic acids is 1. The lowest BCUT2D eigenvalue weighted by atomic mass is 10.0. The minimum atomic E-state index is -2.27. The summed E-state index contributed by atoms with van der Waals surface area (Å²) in [6, 6.07) is 15.7. The molecule has 1 aliphatic heterocycles. The van der Waals surface area contributed by atoms with Crippen LogP contribution in [0.25, 0.3) is 0 Å². The summed E-state index contributed by atoms with van der Waals surface area (Å²) in [4.78, 5) is 16.6. The van der Waals surface area contributed by atoms with Crippen molar-refractivity contribution in [3.63, 3.8) is 0 Å². The third kappa shape index (κ3) is 7.82. The van der Waals surface area contributed by atoms with Crippen LogP contribution >= 0.6 is 0 Å². The summed E-state index contributed by atoms with van der Waals surface area (Å²) in [7, 11) is 0. The number of nitrogens with zero attached hydrogens (tertiary/aromatic N) is 2. The average molecular weight is 474 g/mol. The first-order chi connectivity index (χ1) is 16.0. The first-order valence-corrected chi connectivity index (χ1v) is 12.5. The quantitative estimate of drug-likeness (QED) is 0.516. The average Bonchev–Trinajstić information content (AvgIpc) is 2.81. The smallest absolute Gasteiger partial charge is 0.317 e. The third-order valence-electron chi connectivity index (χ3n) is 5.81. The number of likely N-dealkylation sites (tertiary alicyclic amines) is 1. The summed E-state index contributed by atoms with van der Waals surface area (Å²) < 4.78 is 29.4. The van der Waals surface area contributed by atoms with Crippen molar-refractivity contribution < 1.29 is 18.3 Å². The van der Waals surface area contributed by atoms with E-state index in [4.69, 9.17) is 4.74 Å². The van der Waals surface area contributed by atoms with Crippen LogP contribution in [-0.2, 0) is 24.4 Å². The molecule has 1 unspecified atom stereocenters. The van der Waals surface area contributed by atoms with Gasteiger partial charge < -0.3 is 19.5 Å². The lowest BCUT2D eigenvalue weighted by molar-refractivity contribution is 0.120. The number of urea groups is 1. The van der Waals surface area contributed by atoms with Gasteiger partial charge >= 0.3 is 6.03 Å². The van der Waals surface area contributed by atoms with Crippen molar-refractivity contribution in [1.29, 1.82) is 0 Å². The highest BCUT2D eigenvalue weighted by Gasteiger charge is 2.26. The highest BCUT2D eigenvalue weighted by Crippen LogP contribution is 2.24. The van der Waals surface area contributed by atoms with Gasteiger partial charge in [0, 0.05) is 56.6 Å². The second-order valence-electron chi connectivity index (χ2n) is 8.07. The number of carbonyl (C=O) groups is 1. The number of hydrogen-bond acceptors (Lipinski definition) is 5. The predicted molar refractivity (Wildman–Crippen MR) is 128 cm³/mol. The summed E-state index contributed by atoms with van der Waals surface area (Å²) in [6.45, 7) is 8.45. The first-order valence-electron chi connectivity index (χ1n) is 11.4. The van der Waals surface area contributed by atoms with Gasteiger partial charge in [0.1, 0.15) is 11.5 Å². The van der Waals surface area contributed by atoms with Crippen LogP contribution < -0.4 is 14.8 Å². The molecule has 0 spiro atoms. The molecule has 1 atom stereocenters. The highest BCUT2D eigenvalue weighted by atomic mass is 32.2. The first kappa shape index (κ1) is 25.2. The maximum Gasteiger partial charge on any atom is 0.317 e. The second kappa shape index (κ2) is 12.7. The molecular weight excluding hydrogens is 440 g/mol. The van der Waals surface area contributed by atoms with Gasteiger partial charge in [0.15, 0.2) is 0 Å². The van der Waals surface area contributed by atoms with Crippen molar-refractivity contribution in [2.75, 3.05) is 26.2 Å². The van der Waals surface area contributed by atoms with Crippen LogP contribution in [0, 0.1) is 0 Å². The Kier molecular flexibility index (Phi) is 9.68. The largest absolute Gasteiger partial charge is 0.760 e. The van der Waals surface area contributed by atoms with Crippen LogP contribution in [0.3, 0.4) is 0 Å². The minimum Gasteiger partial charge on any atom is -0.760 e. The molecule has 8 nitrogen and oxygen atoms in total. The van der Waals surface area contributed by atoms with Gasteiger partial charge in [-0.25, -0.2) is 9.52 Å². The molecule has 2 amide bonds. The fourth-order valence-corrected chi connectivity index (χ4v) is 4.37. The number of benzene rings is 2. The Morgan fingerprint density at radius 2 is 1.64 bits per heavy atom. The Balaban J connectivity index is 1.46. The van der Waals surface area contributed by atoms with E-state index in [1.165, 1.54) is 5.56 Å². The van der Waals surface area contributed by atoms with Gasteiger partial charge in [0.05, 0.1) is 0 Å². The molecule has 1 heterocycles. The van der Waals surface area contributed by atoms with Gasteiger partial charge in [-0.2, -0.15) is 0 Å². The molecule has 0 saturated carbocycles. The molecular formula is C24H33N4O4S-. The van der Waals surface area contributed by atoms with Crippen LogP contribution in [0.15, 0.2) is 48.5 Å². The molecule has 1 saturated heterocycles. The number of rotatable bonds is 10. The van der Waals surface area contributed by atoms with Crippen LogP contribution in [0.2, 0.25) is 0 Å². The number of hydrogen-bond donors (Lipinski definition) is 2. The van der Waals surface area contributed by atoms with E-state index >= 15 is 0 Å². The van der Waals surface area contributed by atoms with Crippen molar-refractivity contribution >= 4 is 17.3 Å². The van der Waals surface area contributed by atoms with Crippen LogP contribution in [0.1, 0.15) is 37.8 Å². The molecule has 2 aromatic carbocycles. The van der Waals surface area contributed by atoms with Crippen molar-refractivity contribution in [2.45, 2.75) is 45.8 Å². The van der Waals surface area contributed by atoms with Gasteiger partial charge in [-0.3, -0.25) is 9.11 Å². The summed E-state index contributed by atoms with van der Waals surface area (Å²) in [5.74, 6) is 1.45. The molecule has 2 N–H and O–H groups in total. The fourth-order valence-electron chi connectivity index (χ4n) is 4.08. The molecule has 33 heavy (non-hydrogen) atoms. The Hall–Kier alpha value is -2.46. The van der Waals surface area contributed by atoms with Gasteiger partial charge in [0.25, 0.3) is 0 Å². The SMILES string of the molecule is CCNC(=O)N(CC)C1CCN(Cc2ccc(Oc3ccc(CNS(=O)[O-])cc3)cc2)CC1. The Labute approximate surface area is 198 Å². The number of nitrogens with one attached hydrogen (secondary N) is 2. The van der Waals surface area contributed by atoms with Crippen molar-refractivity contribution in [2.24, 2.45) is 0 Å². The van der Waals surface area contributed by atoms with Gasteiger partial charge in [-0.15, -0.1) is 0 Å². The van der Waals surface area contributed by atoms with E-state index in [-0.39, 0.29) is 12.6 Å². The molecule has 0 bridgehead atoms. The molecule has 0 aliphatic carbocycles. The maximum atomic E-state index is 12.2. The molecule has 9 heteroatoms. The summed E-state index contributed by atoms with van der Waals surface area (Å²) >= 11 is -2.27. The van der Waals surface area contributed by atoms with E-state index < -0.39 is 11.3 Å². The summed E-state index contributed by atoms with van der Waals surface area (Å²) in [5.41, 5.74) is 2.09. The molecule has 1 fully saturated rings. The van der Waals surface area contributed by atoms with Gasteiger partial charge in [0.2, 0.25) is 0 Å². The zero-order chi connectivity index (χ0) is 23.6. The maximum absolute atomic E-state index is 12.2. The third-order valence-corrected chi connectivity index (χ3v) is 6.19. The zero-order valence-electron chi connectivity index (χ0n) is 19.3. The van der Waals surface area contributed by atoms with Crippen LogP contribution in [-0.4, -0.2) is 56.8 Å². The van der Waals surface area contributed by atoms with Crippen LogP contribution in [0.4, 0.5) is 4.79 Å². The lowest BCUT2D eigenvalue weighted by Gasteiger charge is -2.38. The molecule has 3 rings (SSSR count). The number of piperidine rings is 1. The zero-order valence-corrected chi connectivity index (χ0v) is 20.1. The van der Waals surface area contributed by atoms with Crippen LogP contribution in [0.5, 0.6) is 11.5 Å². The second-order valence-corrected chi connectivity index (χ2v) is 8.83. The molecule has 0 aromatic heterocycles. The standard InChI is InChI=1S/C24H34N4O4S/c1-3-25-24(29)28(4-2)21-13-15-27(16-14-21)18-20-7-11-23(12-8-20)32-22-9-5-19(6-10-22)17-26-33(30)31/h5-12,21,26H,3-4,13-18H2,1-2H3,(H,25,29)(H,30,31)/p-1. The van der Waals surface area contributed by atoms with Gasteiger partial charge in [-0.05, 0) is 62.1 Å². The van der Waals surface area contributed by atoms with Crippen molar-refractivity contribution in [1.82, 2.24) is 19.8 Å². The molecule has 1 aliphatic rings. The van der Waals surface area contributed by atoms with Crippen molar-refractivity contribution in [3.05, 3.63) is 59.7 Å². The van der Waals surface area contributed by atoms with E-state index in [1.54, 1.807) is 0 Å². The summed E-state index contributed by atoms with van der Waals surface area (Å²) in [6.07, 6.45) is 1.98. The van der Waals surface area contributed by atoms with E-state index in [9.17, 15) is 13.6 Å². The molecule has 180 valence electrons. The highest BCUT2D eigenvalue weighted by molar-refractivity contribution is 7.77. The topological polar surface area (TPSA) is 97.0 Å². The Morgan fingerprint density at radius 3 is 2.15 bits per heavy atom. The van der Waals surface area contributed by atoms with E-state index in [0.29, 0.717) is 18.3 Å². The lowest BCUT2D eigenvalue weighted by Crippen LogP contribution is -2.50. The van der Waals surface area contributed by atoms with E-state index in [2.05, 4.69) is 27.1 Å². The normalized spacial score (nSPS) is 15.7. The summed E-state index contributed by atoms with van der Waals surface area (Å²) in [5, 5.41) is 2.92. The predicted octanol–water partition coefficient (Wildman–Crippen LogP) is 3.38. The van der Waals surface area contributed by atoms with Crippen molar-refractivity contribution in [3.8, 4) is 11.5 Å². The number of amides is 2. The molecule has 0 radical (unpaired) electrons. The number of ether oxygens (including phenoxy) is 1. The monoisotopic (exact) mass is 473 g/mol. The van der Waals surface area contributed by atoms with E-state index in [0.717, 1.165) is 50.3 Å².